The predicted molar refractivity (Wildman–Crippen MR) is 112 cm³/mol. The number of rotatable bonds is 4. The van der Waals surface area contributed by atoms with Crippen LogP contribution in [0, 0.1) is 5.92 Å². The molecule has 7 nitrogen and oxygen atoms in total. The largest absolute Gasteiger partial charge is 0.444 e. The van der Waals surface area contributed by atoms with Gasteiger partial charge in [-0.15, -0.1) is 0 Å². The van der Waals surface area contributed by atoms with Crippen LogP contribution in [0.2, 0.25) is 0 Å². The first kappa shape index (κ1) is 23.2. The SMILES string of the molecule is CCS(=O)(=O)c1ccc(C(=O)N[C@H]2[C@@H](C)N(C(=O)OC(C)(C)C)CC[C@@H]2C)cc1. The first-order chi connectivity index (χ1) is 13.4. The Morgan fingerprint density at radius 1 is 1.17 bits per heavy atom. The van der Waals surface area contributed by atoms with Crippen molar-refractivity contribution in [1.82, 2.24) is 10.2 Å². The fourth-order valence-corrected chi connectivity index (χ4v) is 4.34. The van der Waals surface area contributed by atoms with E-state index in [0.29, 0.717) is 12.1 Å². The molecule has 0 radical (unpaired) electrons. The molecule has 0 unspecified atom stereocenters. The van der Waals surface area contributed by atoms with E-state index >= 15 is 0 Å². The van der Waals surface area contributed by atoms with Gasteiger partial charge < -0.3 is 15.0 Å². The lowest BCUT2D eigenvalue weighted by molar-refractivity contribution is 0.000871. The van der Waals surface area contributed by atoms with Crippen LogP contribution in [0.5, 0.6) is 0 Å². The molecule has 2 rings (SSSR count). The number of hydrogen-bond donors (Lipinski definition) is 1. The molecular formula is C21H32N2O5S. The molecule has 1 aromatic rings. The van der Waals surface area contributed by atoms with Crippen molar-refractivity contribution in [2.24, 2.45) is 5.92 Å². The van der Waals surface area contributed by atoms with Crippen LogP contribution in [0.15, 0.2) is 29.2 Å². The number of nitrogens with zero attached hydrogens (tertiary/aromatic N) is 1. The molecule has 1 aromatic carbocycles. The van der Waals surface area contributed by atoms with Gasteiger partial charge in [0.15, 0.2) is 9.84 Å². The van der Waals surface area contributed by atoms with Crippen LogP contribution >= 0.6 is 0 Å². The Bertz CT molecular complexity index is 843. The fourth-order valence-electron chi connectivity index (χ4n) is 3.45. The third-order valence-corrected chi connectivity index (χ3v) is 6.98. The maximum absolute atomic E-state index is 12.7. The second-order valence-electron chi connectivity index (χ2n) is 8.61. The van der Waals surface area contributed by atoms with E-state index in [4.69, 9.17) is 4.74 Å². The first-order valence-corrected chi connectivity index (χ1v) is 11.6. The minimum Gasteiger partial charge on any atom is -0.444 e. The van der Waals surface area contributed by atoms with Crippen molar-refractivity contribution in [3.8, 4) is 0 Å². The van der Waals surface area contributed by atoms with Crippen LogP contribution in [-0.2, 0) is 14.6 Å². The standard InChI is InChI=1S/C21H32N2O5S/c1-7-29(26,27)17-10-8-16(9-11-17)19(24)22-18-14(2)12-13-23(15(18)3)20(25)28-21(4,5)6/h8-11,14-15,18H,7,12-13H2,1-6H3,(H,22,24)/t14-,15+,18+/m0/s1. The number of hydrogen-bond acceptors (Lipinski definition) is 5. The van der Waals surface area contributed by atoms with Gasteiger partial charge in [-0.1, -0.05) is 13.8 Å². The average Bonchev–Trinajstić information content (AvgIpc) is 2.63. The maximum Gasteiger partial charge on any atom is 0.410 e. The normalized spacial score (nSPS) is 22.8. The van der Waals surface area contributed by atoms with Gasteiger partial charge in [0.05, 0.1) is 22.7 Å². The Labute approximate surface area is 173 Å². The zero-order valence-electron chi connectivity index (χ0n) is 18.1. The van der Waals surface area contributed by atoms with E-state index in [2.05, 4.69) is 5.32 Å². The topological polar surface area (TPSA) is 92.8 Å². The van der Waals surface area contributed by atoms with Gasteiger partial charge in [-0.2, -0.15) is 0 Å². The number of benzene rings is 1. The summed E-state index contributed by atoms with van der Waals surface area (Å²) in [5.41, 5.74) is -0.201. The summed E-state index contributed by atoms with van der Waals surface area (Å²) in [5.74, 6) is -0.0940. The first-order valence-electron chi connectivity index (χ1n) is 9.99. The Morgan fingerprint density at radius 3 is 2.28 bits per heavy atom. The molecule has 0 bridgehead atoms. The molecule has 162 valence electrons. The van der Waals surface area contributed by atoms with Gasteiger partial charge >= 0.3 is 6.09 Å². The number of sulfone groups is 1. The van der Waals surface area contributed by atoms with Crippen molar-refractivity contribution >= 4 is 21.8 Å². The molecule has 0 aliphatic carbocycles. The van der Waals surface area contributed by atoms with E-state index in [1.165, 1.54) is 24.3 Å². The minimum atomic E-state index is -3.31. The van der Waals surface area contributed by atoms with E-state index in [-0.39, 0.29) is 40.7 Å². The highest BCUT2D eigenvalue weighted by molar-refractivity contribution is 7.91. The maximum atomic E-state index is 12.7. The molecule has 1 saturated heterocycles. The van der Waals surface area contributed by atoms with Gasteiger partial charge in [0, 0.05) is 12.1 Å². The van der Waals surface area contributed by atoms with Crippen LogP contribution in [0.3, 0.4) is 0 Å². The Kier molecular flexibility index (Phi) is 6.98. The van der Waals surface area contributed by atoms with Crippen molar-refractivity contribution in [2.75, 3.05) is 12.3 Å². The molecule has 0 saturated carbocycles. The van der Waals surface area contributed by atoms with Crippen molar-refractivity contribution < 1.29 is 22.7 Å². The third-order valence-electron chi connectivity index (χ3n) is 5.23. The monoisotopic (exact) mass is 424 g/mol. The summed E-state index contributed by atoms with van der Waals surface area (Å²) in [6, 6.07) is 5.48. The lowest BCUT2D eigenvalue weighted by atomic mass is 9.87. The molecule has 29 heavy (non-hydrogen) atoms. The van der Waals surface area contributed by atoms with E-state index in [9.17, 15) is 18.0 Å². The van der Waals surface area contributed by atoms with E-state index in [1.54, 1.807) is 11.8 Å². The van der Waals surface area contributed by atoms with Crippen molar-refractivity contribution in [3.63, 3.8) is 0 Å². The van der Waals surface area contributed by atoms with Gasteiger partial charge in [0.2, 0.25) is 0 Å². The van der Waals surface area contributed by atoms with Crippen molar-refractivity contribution in [2.45, 2.75) is 70.5 Å². The van der Waals surface area contributed by atoms with E-state index in [1.807, 2.05) is 34.6 Å². The second-order valence-corrected chi connectivity index (χ2v) is 10.9. The van der Waals surface area contributed by atoms with E-state index in [0.717, 1.165) is 6.42 Å². The summed E-state index contributed by atoms with van der Waals surface area (Å²) in [6.07, 6.45) is 0.368. The minimum absolute atomic E-state index is 0.0101. The van der Waals surface area contributed by atoms with Gasteiger partial charge in [-0.25, -0.2) is 13.2 Å². The van der Waals surface area contributed by atoms with Crippen molar-refractivity contribution in [3.05, 3.63) is 29.8 Å². The molecule has 1 aliphatic rings. The van der Waals surface area contributed by atoms with Gasteiger partial charge in [0.25, 0.3) is 5.91 Å². The van der Waals surface area contributed by atoms with Crippen molar-refractivity contribution in [1.29, 1.82) is 0 Å². The van der Waals surface area contributed by atoms with Crippen LogP contribution < -0.4 is 5.32 Å². The van der Waals surface area contributed by atoms with Crippen LogP contribution in [0.25, 0.3) is 0 Å². The van der Waals surface area contributed by atoms with Gasteiger partial charge in [-0.05, 0) is 64.3 Å². The van der Waals surface area contributed by atoms with Crippen LogP contribution in [-0.4, -0.2) is 55.3 Å². The number of likely N-dealkylation sites (tertiary alicyclic amines) is 1. The number of ether oxygens (including phenoxy) is 1. The average molecular weight is 425 g/mol. The summed E-state index contributed by atoms with van der Waals surface area (Å²) >= 11 is 0. The summed E-state index contributed by atoms with van der Waals surface area (Å²) in [7, 11) is -3.31. The highest BCUT2D eigenvalue weighted by Crippen LogP contribution is 2.25. The lowest BCUT2D eigenvalue weighted by Crippen LogP contribution is -2.59. The molecule has 8 heteroatoms. The Morgan fingerprint density at radius 2 is 1.76 bits per heavy atom. The van der Waals surface area contributed by atoms with Crippen LogP contribution in [0.4, 0.5) is 4.79 Å². The molecule has 1 N–H and O–H groups in total. The third kappa shape index (κ3) is 5.72. The fraction of sp³-hybridized carbons (Fsp3) is 0.619. The molecule has 2 amide bonds. The summed E-state index contributed by atoms with van der Waals surface area (Å²) in [4.78, 5) is 27.1. The number of nitrogens with one attached hydrogen (secondary N) is 1. The molecule has 0 spiro atoms. The summed E-state index contributed by atoms with van der Waals surface area (Å²) < 4.78 is 29.4. The lowest BCUT2D eigenvalue weighted by Gasteiger charge is -2.43. The molecule has 1 aliphatic heterocycles. The zero-order chi connectivity index (χ0) is 22.0. The van der Waals surface area contributed by atoms with Gasteiger partial charge in [0.1, 0.15) is 5.60 Å². The number of piperidine rings is 1. The highest BCUT2D eigenvalue weighted by atomic mass is 32.2. The quantitative estimate of drug-likeness (QED) is 0.801. The molecule has 1 heterocycles. The van der Waals surface area contributed by atoms with Gasteiger partial charge in [-0.3, -0.25) is 4.79 Å². The number of amides is 2. The number of carbonyl (C=O) groups is 2. The summed E-state index contributed by atoms with van der Waals surface area (Å²) in [6.45, 7) is 11.6. The Balaban J connectivity index is 2.12. The second kappa shape index (κ2) is 8.73. The predicted octanol–water partition coefficient (Wildman–Crippen LogP) is 3.24. The molecule has 1 fully saturated rings. The molecular weight excluding hydrogens is 392 g/mol. The summed E-state index contributed by atoms with van der Waals surface area (Å²) in [5, 5.41) is 3.02. The van der Waals surface area contributed by atoms with Crippen LogP contribution in [0.1, 0.15) is 58.3 Å². The molecule has 3 atom stereocenters. The number of carbonyl (C=O) groups excluding carboxylic acids is 2. The Hall–Kier alpha value is -2.09. The molecule has 0 aromatic heterocycles. The zero-order valence-corrected chi connectivity index (χ0v) is 18.9. The highest BCUT2D eigenvalue weighted by Gasteiger charge is 2.38. The smallest absolute Gasteiger partial charge is 0.410 e. The van der Waals surface area contributed by atoms with E-state index < -0.39 is 15.4 Å².